The number of urea groups is 1. The van der Waals surface area contributed by atoms with Crippen LogP contribution in [0.25, 0.3) is 0 Å². The number of nitrogens with zero attached hydrogens (tertiary/aromatic N) is 3. The van der Waals surface area contributed by atoms with Crippen LogP contribution in [0, 0.1) is 0 Å². The number of pyridine rings is 1. The monoisotopic (exact) mass is 565 g/mol. The van der Waals surface area contributed by atoms with Gasteiger partial charge in [0.25, 0.3) is 5.91 Å². The van der Waals surface area contributed by atoms with E-state index in [0.29, 0.717) is 21.3 Å². The molecule has 0 spiro atoms. The number of carbonyl (C=O) groups is 2. The molecule has 3 aromatic rings. The van der Waals surface area contributed by atoms with Crippen LogP contribution in [0.1, 0.15) is 60.6 Å². The van der Waals surface area contributed by atoms with Crippen LogP contribution in [-0.4, -0.2) is 48.0 Å². The van der Waals surface area contributed by atoms with Crippen LogP contribution < -0.4 is 15.5 Å². The first-order valence-electron chi connectivity index (χ1n) is 13.2. The highest BCUT2D eigenvalue weighted by Crippen LogP contribution is 2.45. The van der Waals surface area contributed by atoms with Gasteiger partial charge in [0.15, 0.2) is 0 Å². The lowest BCUT2D eigenvalue weighted by atomic mass is 9.86. The predicted octanol–water partition coefficient (Wildman–Crippen LogP) is 6.67. The van der Waals surface area contributed by atoms with Gasteiger partial charge >= 0.3 is 6.03 Å². The molecule has 204 valence electrons. The molecule has 2 heterocycles. The largest absolute Gasteiger partial charge is 0.371 e. The maximum atomic E-state index is 13.6. The van der Waals surface area contributed by atoms with Crippen molar-refractivity contribution >= 4 is 46.5 Å². The average Bonchev–Trinajstić information content (AvgIpc) is 3.19. The zero-order valence-electron chi connectivity index (χ0n) is 22.4. The third kappa shape index (κ3) is 5.85. The number of nitrogens with one attached hydrogen (secondary N) is 2. The molecule has 39 heavy (non-hydrogen) atoms. The molecule has 7 nitrogen and oxygen atoms in total. The van der Waals surface area contributed by atoms with Gasteiger partial charge in [-0.15, -0.1) is 0 Å². The summed E-state index contributed by atoms with van der Waals surface area (Å²) in [4.78, 5) is 34.8. The summed E-state index contributed by atoms with van der Waals surface area (Å²) in [5.74, 6) is -0.00113. The van der Waals surface area contributed by atoms with Crippen LogP contribution in [0.3, 0.4) is 0 Å². The Balaban J connectivity index is 1.28. The van der Waals surface area contributed by atoms with Gasteiger partial charge < -0.3 is 20.4 Å². The quantitative estimate of drug-likeness (QED) is 0.362. The Morgan fingerprint density at radius 2 is 1.74 bits per heavy atom. The Labute approximate surface area is 239 Å². The molecule has 1 unspecified atom stereocenters. The van der Waals surface area contributed by atoms with E-state index in [1.54, 1.807) is 18.2 Å². The second-order valence-electron chi connectivity index (χ2n) is 11.0. The molecule has 1 aliphatic carbocycles. The average molecular weight is 567 g/mol. The van der Waals surface area contributed by atoms with Crippen LogP contribution >= 0.6 is 23.2 Å². The molecular formula is C30H33Cl2N5O2. The van der Waals surface area contributed by atoms with Crippen molar-refractivity contribution in [1.82, 2.24) is 15.2 Å². The van der Waals surface area contributed by atoms with Gasteiger partial charge in [-0.25, -0.2) is 4.79 Å². The molecule has 1 saturated heterocycles. The Hall–Kier alpha value is -3.29. The van der Waals surface area contributed by atoms with Crippen molar-refractivity contribution < 1.29 is 9.59 Å². The van der Waals surface area contributed by atoms with Crippen molar-refractivity contribution in [2.45, 2.75) is 50.6 Å². The fourth-order valence-corrected chi connectivity index (χ4v) is 6.14. The van der Waals surface area contributed by atoms with E-state index in [1.165, 1.54) is 5.69 Å². The third-order valence-electron chi connectivity index (χ3n) is 7.96. The molecule has 3 amide bonds. The highest BCUT2D eigenvalue weighted by molar-refractivity contribution is 6.35. The maximum Gasteiger partial charge on any atom is 0.319 e. The SMILES string of the molecule is CN(C(=O)c1ccc2c(c1)C(NC(=O)Nc1cc(Cl)ccc1Cl)CC2(C)C)C1CCN(c2ccncc2)CC1. The predicted molar refractivity (Wildman–Crippen MR) is 157 cm³/mol. The molecule has 2 aliphatic rings. The normalized spacial score (nSPS) is 18.4. The van der Waals surface area contributed by atoms with E-state index >= 15 is 0 Å². The number of piperidine rings is 1. The number of carbonyl (C=O) groups excluding carboxylic acids is 2. The van der Waals surface area contributed by atoms with Gasteiger partial charge in [-0.2, -0.15) is 0 Å². The zero-order valence-corrected chi connectivity index (χ0v) is 23.9. The summed E-state index contributed by atoms with van der Waals surface area (Å²) in [6.07, 6.45) is 6.15. The fraction of sp³-hybridized carbons (Fsp3) is 0.367. The number of anilines is 2. The van der Waals surface area contributed by atoms with Gasteiger partial charge in [-0.1, -0.05) is 43.1 Å². The van der Waals surface area contributed by atoms with Crippen molar-refractivity contribution in [3.05, 3.63) is 87.7 Å². The van der Waals surface area contributed by atoms with E-state index in [-0.39, 0.29) is 29.4 Å². The van der Waals surface area contributed by atoms with Crippen molar-refractivity contribution in [3.63, 3.8) is 0 Å². The van der Waals surface area contributed by atoms with Crippen LogP contribution in [0.4, 0.5) is 16.2 Å². The number of amides is 3. The number of rotatable bonds is 5. The Kier molecular flexibility index (Phi) is 7.74. The second kappa shape index (κ2) is 11.1. The molecular weight excluding hydrogens is 533 g/mol. The van der Waals surface area contributed by atoms with Gasteiger partial charge in [-0.05, 0) is 78.3 Å². The van der Waals surface area contributed by atoms with Crippen LogP contribution in [-0.2, 0) is 5.41 Å². The van der Waals surface area contributed by atoms with E-state index in [4.69, 9.17) is 23.2 Å². The lowest BCUT2D eigenvalue weighted by Crippen LogP contribution is -2.45. The van der Waals surface area contributed by atoms with Crippen molar-refractivity contribution in [3.8, 4) is 0 Å². The van der Waals surface area contributed by atoms with E-state index in [9.17, 15) is 9.59 Å². The van der Waals surface area contributed by atoms with Gasteiger partial charge in [0.2, 0.25) is 0 Å². The Morgan fingerprint density at radius 1 is 1.03 bits per heavy atom. The molecule has 1 aromatic heterocycles. The first kappa shape index (κ1) is 27.3. The van der Waals surface area contributed by atoms with Gasteiger partial charge in [0.05, 0.1) is 16.8 Å². The molecule has 2 aromatic carbocycles. The molecule has 9 heteroatoms. The molecule has 1 fully saturated rings. The summed E-state index contributed by atoms with van der Waals surface area (Å²) in [6, 6.07) is 14.4. The topological polar surface area (TPSA) is 77.6 Å². The summed E-state index contributed by atoms with van der Waals surface area (Å²) in [6.45, 7) is 6.09. The molecule has 5 rings (SSSR count). The first-order valence-corrected chi connectivity index (χ1v) is 14.0. The third-order valence-corrected chi connectivity index (χ3v) is 8.52. The van der Waals surface area contributed by atoms with Crippen molar-refractivity contribution in [2.75, 3.05) is 30.4 Å². The Morgan fingerprint density at radius 3 is 2.46 bits per heavy atom. The molecule has 1 atom stereocenters. The molecule has 2 N–H and O–H groups in total. The van der Waals surface area contributed by atoms with Crippen LogP contribution in [0.5, 0.6) is 0 Å². The molecule has 0 radical (unpaired) electrons. The highest BCUT2D eigenvalue weighted by atomic mass is 35.5. The zero-order chi connectivity index (χ0) is 27.7. The van der Waals surface area contributed by atoms with Gasteiger partial charge in [0.1, 0.15) is 0 Å². The summed E-state index contributed by atoms with van der Waals surface area (Å²) in [5, 5.41) is 6.77. The van der Waals surface area contributed by atoms with Gasteiger partial charge in [-0.3, -0.25) is 9.78 Å². The first-order chi connectivity index (χ1) is 18.6. The van der Waals surface area contributed by atoms with E-state index < -0.39 is 0 Å². The van der Waals surface area contributed by atoms with Crippen molar-refractivity contribution in [1.29, 1.82) is 0 Å². The van der Waals surface area contributed by atoms with E-state index in [1.807, 2.05) is 54.7 Å². The number of fused-ring (bicyclic) bond motifs is 1. The number of aromatic nitrogens is 1. The van der Waals surface area contributed by atoms with Crippen molar-refractivity contribution in [2.24, 2.45) is 0 Å². The standard InChI is InChI=1S/C30H33Cl2N5O2/c1-30(2)18-27(35-29(39)34-26-17-20(31)5-7-25(26)32)23-16-19(4-6-24(23)30)28(38)36(3)21-10-14-37(15-11-21)22-8-12-33-13-9-22/h4-9,12-13,16-17,21,27H,10-11,14-15,18H2,1-3H3,(H2,34,35,39). The summed E-state index contributed by atoms with van der Waals surface area (Å²) < 4.78 is 0. The number of halogens is 2. The second-order valence-corrected chi connectivity index (χ2v) is 11.8. The van der Waals surface area contributed by atoms with E-state index in [2.05, 4.69) is 34.4 Å². The summed E-state index contributed by atoms with van der Waals surface area (Å²) in [7, 11) is 1.89. The number of hydrogen-bond donors (Lipinski definition) is 2. The lowest BCUT2D eigenvalue weighted by molar-refractivity contribution is 0.0709. The van der Waals surface area contributed by atoms with E-state index in [0.717, 1.165) is 43.5 Å². The number of benzene rings is 2. The smallest absolute Gasteiger partial charge is 0.319 e. The maximum absolute atomic E-state index is 13.6. The summed E-state index contributed by atoms with van der Waals surface area (Å²) in [5.41, 5.74) is 4.21. The van der Waals surface area contributed by atoms with Crippen LogP contribution in [0.15, 0.2) is 60.9 Å². The number of hydrogen-bond acceptors (Lipinski definition) is 4. The molecule has 1 aliphatic heterocycles. The van der Waals surface area contributed by atoms with Crippen LogP contribution in [0.2, 0.25) is 10.0 Å². The summed E-state index contributed by atoms with van der Waals surface area (Å²) >= 11 is 12.3. The fourth-order valence-electron chi connectivity index (χ4n) is 5.81. The van der Waals surface area contributed by atoms with Gasteiger partial charge in [0, 0.05) is 54.8 Å². The molecule has 0 saturated carbocycles. The minimum absolute atomic E-state index is 0.00113. The Bertz CT molecular complexity index is 1370. The highest BCUT2D eigenvalue weighted by Gasteiger charge is 2.38. The minimum atomic E-state index is -0.373. The lowest BCUT2D eigenvalue weighted by Gasteiger charge is -2.38. The minimum Gasteiger partial charge on any atom is -0.371 e. The molecule has 0 bridgehead atoms.